The molecule has 0 unspecified atom stereocenters. The van der Waals surface area contributed by atoms with Crippen molar-refractivity contribution >= 4 is 23.5 Å². The van der Waals surface area contributed by atoms with Gasteiger partial charge in [0.05, 0.1) is 18.8 Å². The molecule has 0 spiro atoms. The average Bonchev–Trinajstić information content (AvgIpc) is 2.64. The molecule has 0 aliphatic rings. The van der Waals surface area contributed by atoms with Crippen LogP contribution in [0.25, 0.3) is 0 Å². The molecule has 6 heteroatoms. The number of benzene rings is 2. The van der Waals surface area contributed by atoms with Crippen molar-refractivity contribution in [1.29, 1.82) is 0 Å². The molecule has 1 N–H and O–H groups in total. The number of nitrogens with one attached hydrogen (secondary N) is 1. The van der Waals surface area contributed by atoms with Crippen molar-refractivity contribution in [3.63, 3.8) is 0 Å². The Morgan fingerprint density at radius 1 is 1.19 bits per heavy atom. The Balaban J connectivity index is 2.34. The number of hydrogen-bond donors (Lipinski definition) is 1. The van der Waals surface area contributed by atoms with Gasteiger partial charge in [0.1, 0.15) is 6.10 Å². The fourth-order valence-corrected chi connectivity index (χ4v) is 2.89. The van der Waals surface area contributed by atoms with E-state index in [1.165, 1.54) is 6.92 Å². The lowest BCUT2D eigenvalue weighted by atomic mass is 9.96. The predicted octanol–water partition coefficient (Wildman–Crippen LogP) is 4.07. The van der Waals surface area contributed by atoms with Gasteiger partial charge in [-0.2, -0.15) is 0 Å². The number of carbonyl (C=O) groups excluding carboxylic acids is 2. The van der Waals surface area contributed by atoms with Gasteiger partial charge in [-0.05, 0) is 54.8 Å². The van der Waals surface area contributed by atoms with Crippen molar-refractivity contribution in [2.75, 3.05) is 19.8 Å². The van der Waals surface area contributed by atoms with Crippen molar-refractivity contribution in [2.45, 2.75) is 26.9 Å². The van der Waals surface area contributed by atoms with E-state index in [0.717, 1.165) is 16.7 Å². The zero-order chi connectivity index (χ0) is 19.8. The third-order valence-electron chi connectivity index (χ3n) is 3.98. The largest absolute Gasteiger partial charge is 0.462 e. The number of halogens is 1. The zero-order valence-corrected chi connectivity index (χ0v) is 16.5. The van der Waals surface area contributed by atoms with Gasteiger partial charge in [-0.25, -0.2) is 4.79 Å². The smallest absolute Gasteiger partial charge is 0.338 e. The highest BCUT2D eigenvalue weighted by molar-refractivity contribution is 6.30. The Labute approximate surface area is 164 Å². The highest BCUT2D eigenvalue weighted by Crippen LogP contribution is 2.31. The van der Waals surface area contributed by atoms with Crippen LogP contribution in [0.4, 0.5) is 0 Å². The van der Waals surface area contributed by atoms with Gasteiger partial charge in [-0.1, -0.05) is 29.8 Å². The Morgan fingerprint density at radius 2 is 1.96 bits per heavy atom. The van der Waals surface area contributed by atoms with Crippen molar-refractivity contribution in [2.24, 2.45) is 0 Å². The number of carbonyl (C=O) groups is 2. The molecule has 0 saturated carbocycles. The van der Waals surface area contributed by atoms with Gasteiger partial charge in [0, 0.05) is 18.5 Å². The molecular formula is C21H24ClNO4. The fourth-order valence-electron chi connectivity index (χ4n) is 2.71. The molecular weight excluding hydrogens is 366 g/mol. The van der Waals surface area contributed by atoms with Gasteiger partial charge in [-0.3, -0.25) is 4.79 Å². The number of amides is 1. The standard InChI is InChI=1S/C21H24ClNO4/c1-4-26-21(25)17-7-5-6-16(12-17)20(27-11-10-23-15(3)24)19-13-18(22)9-8-14(19)2/h5-9,12-13,20H,4,10-11H2,1-3H3,(H,23,24)/t20-/m1/s1. The summed E-state index contributed by atoms with van der Waals surface area (Å²) >= 11 is 6.19. The Kier molecular flexibility index (Phi) is 7.82. The maximum absolute atomic E-state index is 12.1. The van der Waals surface area contributed by atoms with Gasteiger partial charge >= 0.3 is 5.97 Å². The second kappa shape index (κ2) is 10.1. The first kappa shape index (κ1) is 20.9. The molecule has 0 bridgehead atoms. The summed E-state index contributed by atoms with van der Waals surface area (Å²) in [4.78, 5) is 23.2. The number of esters is 1. The molecule has 0 aliphatic heterocycles. The van der Waals surface area contributed by atoms with E-state index in [1.807, 2.05) is 31.2 Å². The van der Waals surface area contributed by atoms with Gasteiger partial charge < -0.3 is 14.8 Å². The lowest BCUT2D eigenvalue weighted by molar-refractivity contribution is -0.119. The van der Waals surface area contributed by atoms with Crippen LogP contribution in [0.2, 0.25) is 5.02 Å². The Morgan fingerprint density at radius 3 is 2.67 bits per heavy atom. The summed E-state index contributed by atoms with van der Waals surface area (Å²) in [7, 11) is 0. The molecule has 0 radical (unpaired) electrons. The molecule has 5 nitrogen and oxygen atoms in total. The van der Waals surface area contributed by atoms with Crippen LogP contribution in [0.15, 0.2) is 42.5 Å². The van der Waals surface area contributed by atoms with Crippen LogP contribution in [0.5, 0.6) is 0 Å². The molecule has 0 aromatic heterocycles. The molecule has 0 fully saturated rings. The topological polar surface area (TPSA) is 64.6 Å². The first-order chi connectivity index (χ1) is 12.9. The number of aryl methyl sites for hydroxylation is 1. The quantitative estimate of drug-likeness (QED) is 0.546. The van der Waals surface area contributed by atoms with Crippen LogP contribution in [0.1, 0.15) is 47.0 Å². The van der Waals surface area contributed by atoms with E-state index < -0.39 is 6.10 Å². The summed E-state index contributed by atoms with van der Waals surface area (Å²) < 4.78 is 11.2. The molecule has 144 valence electrons. The molecule has 2 aromatic carbocycles. The van der Waals surface area contributed by atoms with Gasteiger partial charge in [0.15, 0.2) is 0 Å². The van der Waals surface area contributed by atoms with Crippen molar-refractivity contribution in [1.82, 2.24) is 5.32 Å². The SMILES string of the molecule is CCOC(=O)c1cccc([C@@H](OCCNC(C)=O)c2cc(Cl)ccc2C)c1. The van der Waals surface area contributed by atoms with E-state index >= 15 is 0 Å². The fraction of sp³-hybridized carbons (Fsp3) is 0.333. The molecule has 2 rings (SSSR count). The zero-order valence-electron chi connectivity index (χ0n) is 15.8. The monoisotopic (exact) mass is 389 g/mol. The maximum atomic E-state index is 12.1. The van der Waals surface area contributed by atoms with E-state index in [1.54, 1.807) is 25.1 Å². The van der Waals surface area contributed by atoms with Crippen LogP contribution < -0.4 is 5.32 Å². The van der Waals surface area contributed by atoms with Gasteiger partial charge in [0.2, 0.25) is 5.91 Å². The minimum Gasteiger partial charge on any atom is -0.462 e. The normalized spacial score (nSPS) is 11.7. The number of ether oxygens (including phenoxy) is 2. The second-order valence-electron chi connectivity index (χ2n) is 6.08. The van der Waals surface area contributed by atoms with Gasteiger partial charge in [-0.15, -0.1) is 0 Å². The maximum Gasteiger partial charge on any atom is 0.338 e. The summed E-state index contributed by atoms with van der Waals surface area (Å²) in [6.45, 7) is 6.23. The average molecular weight is 390 g/mol. The third kappa shape index (κ3) is 6.08. The molecule has 2 aromatic rings. The number of hydrogen-bond acceptors (Lipinski definition) is 4. The van der Waals surface area contributed by atoms with E-state index in [-0.39, 0.29) is 11.9 Å². The summed E-state index contributed by atoms with van der Waals surface area (Å²) in [5, 5.41) is 3.32. The van der Waals surface area contributed by atoms with E-state index in [2.05, 4.69) is 5.32 Å². The van der Waals surface area contributed by atoms with E-state index in [4.69, 9.17) is 21.1 Å². The molecule has 0 aliphatic carbocycles. The van der Waals surface area contributed by atoms with Crippen LogP contribution in [0, 0.1) is 6.92 Å². The Bertz CT molecular complexity index is 807. The third-order valence-corrected chi connectivity index (χ3v) is 4.22. The second-order valence-corrected chi connectivity index (χ2v) is 6.52. The summed E-state index contributed by atoms with van der Waals surface area (Å²) in [6.07, 6.45) is -0.424. The molecule has 0 saturated heterocycles. The summed E-state index contributed by atoms with van der Waals surface area (Å²) in [6, 6.07) is 12.8. The molecule has 1 atom stereocenters. The first-order valence-corrected chi connectivity index (χ1v) is 9.19. The summed E-state index contributed by atoms with van der Waals surface area (Å²) in [5.41, 5.74) is 3.20. The van der Waals surface area contributed by atoms with E-state index in [0.29, 0.717) is 30.3 Å². The minimum absolute atomic E-state index is 0.113. The van der Waals surface area contributed by atoms with E-state index in [9.17, 15) is 9.59 Å². The minimum atomic E-state index is -0.424. The van der Waals surface area contributed by atoms with Crippen LogP contribution in [0.3, 0.4) is 0 Å². The predicted molar refractivity (Wildman–Crippen MR) is 105 cm³/mol. The van der Waals surface area contributed by atoms with Crippen molar-refractivity contribution in [3.8, 4) is 0 Å². The van der Waals surface area contributed by atoms with Crippen LogP contribution >= 0.6 is 11.6 Å². The van der Waals surface area contributed by atoms with Crippen LogP contribution in [-0.4, -0.2) is 31.6 Å². The highest BCUT2D eigenvalue weighted by Gasteiger charge is 2.19. The Hall–Kier alpha value is -2.37. The van der Waals surface area contributed by atoms with Crippen molar-refractivity contribution < 1.29 is 19.1 Å². The lowest BCUT2D eigenvalue weighted by Crippen LogP contribution is -2.25. The molecule has 27 heavy (non-hydrogen) atoms. The van der Waals surface area contributed by atoms with Gasteiger partial charge in [0.25, 0.3) is 0 Å². The van der Waals surface area contributed by atoms with Crippen molar-refractivity contribution in [3.05, 3.63) is 69.7 Å². The van der Waals surface area contributed by atoms with Crippen LogP contribution in [-0.2, 0) is 14.3 Å². The highest BCUT2D eigenvalue weighted by atomic mass is 35.5. The first-order valence-electron chi connectivity index (χ1n) is 8.81. The molecule has 0 heterocycles. The summed E-state index contributed by atoms with van der Waals surface area (Å²) in [5.74, 6) is -0.488. The lowest BCUT2D eigenvalue weighted by Gasteiger charge is -2.22. The number of rotatable bonds is 8. The molecule has 1 amide bonds.